The van der Waals surface area contributed by atoms with Crippen LogP contribution in [0.1, 0.15) is 51.9 Å². The average molecular weight is 324 g/mol. The van der Waals surface area contributed by atoms with Crippen LogP contribution in [-0.2, 0) is 4.79 Å². The smallest absolute Gasteiger partial charge is 0.319 e. The van der Waals surface area contributed by atoms with E-state index in [1.807, 2.05) is 9.80 Å². The van der Waals surface area contributed by atoms with Crippen molar-refractivity contribution in [2.24, 2.45) is 11.7 Å². The number of hydrogen-bond donors (Lipinski definition) is 2. The summed E-state index contributed by atoms with van der Waals surface area (Å²) >= 11 is 0. The maximum atomic E-state index is 12.4. The van der Waals surface area contributed by atoms with E-state index in [1.54, 1.807) is 0 Å². The number of nitrogens with two attached hydrogens (primary N) is 1. The predicted octanol–water partition coefficient (Wildman–Crippen LogP) is 1.55. The Morgan fingerprint density at radius 1 is 1.13 bits per heavy atom. The van der Waals surface area contributed by atoms with E-state index in [1.165, 1.54) is 0 Å². The van der Waals surface area contributed by atoms with Gasteiger partial charge in [-0.25, -0.2) is 4.79 Å². The number of unbranched alkanes of at least 4 members (excludes halogenated alkanes) is 1. The van der Waals surface area contributed by atoms with Crippen molar-refractivity contribution in [2.45, 2.75) is 57.9 Å². The molecule has 2 heterocycles. The Balaban J connectivity index is 1.74. The topological polar surface area (TPSA) is 78.7 Å². The molecule has 0 aromatic rings. The fourth-order valence-corrected chi connectivity index (χ4v) is 3.46. The lowest BCUT2D eigenvalue weighted by atomic mass is 9.95. The normalized spacial score (nSPS) is 20.6. The van der Waals surface area contributed by atoms with E-state index in [4.69, 9.17) is 5.73 Å². The molecule has 23 heavy (non-hydrogen) atoms. The molecule has 0 aromatic carbocycles. The molecule has 0 bridgehead atoms. The molecule has 2 saturated heterocycles. The van der Waals surface area contributed by atoms with Crippen molar-refractivity contribution in [1.29, 1.82) is 0 Å². The summed E-state index contributed by atoms with van der Waals surface area (Å²) in [5.74, 6) is 0.137. The number of rotatable bonds is 6. The van der Waals surface area contributed by atoms with Crippen molar-refractivity contribution in [3.05, 3.63) is 0 Å². The number of carbonyl (C=O) groups excluding carboxylic acids is 2. The minimum absolute atomic E-state index is 0.0216. The van der Waals surface area contributed by atoms with Crippen molar-refractivity contribution >= 4 is 11.9 Å². The zero-order valence-corrected chi connectivity index (χ0v) is 14.4. The summed E-state index contributed by atoms with van der Waals surface area (Å²) in [6.07, 6.45) is 6.90. The Kier molecular flexibility index (Phi) is 7.15. The monoisotopic (exact) mass is 324 g/mol. The second kappa shape index (κ2) is 9.11. The molecule has 3 N–H and O–H groups in total. The number of hydrogen-bond acceptors (Lipinski definition) is 3. The highest BCUT2D eigenvalue weighted by Gasteiger charge is 2.30. The Bertz CT molecular complexity index is 388. The second-order valence-corrected chi connectivity index (χ2v) is 6.82. The highest BCUT2D eigenvalue weighted by atomic mass is 16.2. The molecule has 0 aromatic heterocycles. The molecule has 2 aliphatic rings. The SMILES string of the molecule is CCCCC(CN)NC(=O)C1CCN(C(=O)N2CCCC2)CC1. The van der Waals surface area contributed by atoms with Gasteiger partial charge in [-0.2, -0.15) is 0 Å². The summed E-state index contributed by atoms with van der Waals surface area (Å²) < 4.78 is 0. The van der Waals surface area contributed by atoms with Crippen LogP contribution in [0.5, 0.6) is 0 Å². The van der Waals surface area contributed by atoms with E-state index in [9.17, 15) is 9.59 Å². The van der Waals surface area contributed by atoms with Gasteiger partial charge in [0.25, 0.3) is 0 Å². The van der Waals surface area contributed by atoms with Gasteiger partial charge in [0.2, 0.25) is 5.91 Å². The largest absolute Gasteiger partial charge is 0.352 e. The first kappa shape index (κ1) is 18.0. The fraction of sp³-hybridized carbons (Fsp3) is 0.882. The zero-order chi connectivity index (χ0) is 16.7. The first-order valence-electron chi connectivity index (χ1n) is 9.20. The highest BCUT2D eigenvalue weighted by Crippen LogP contribution is 2.20. The van der Waals surface area contributed by atoms with Crippen LogP contribution in [0.25, 0.3) is 0 Å². The lowest BCUT2D eigenvalue weighted by Crippen LogP contribution is -2.49. The fourth-order valence-electron chi connectivity index (χ4n) is 3.46. The van der Waals surface area contributed by atoms with Crippen molar-refractivity contribution in [2.75, 3.05) is 32.7 Å². The average Bonchev–Trinajstić information content (AvgIpc) is 3.12. The number of carbonyl (C=O) groups is 2. The summed E-state index contributed by atoms with van der Waals surface area (Å²) in [5.41, 5.74) is 5.75. The number of nitrogens with one attached hydrogen (secondary N) is 1. The van der Waals surface area contributed by atoms with Gasteiger partial charge >= 0.3 is 6.03 Å². The Hall–Kier alpha value is -1.30. The van der Waals surface area contributed by atoms with Gasteiger partial charge in [0.1, 0.15) is 0 Å². The third-order valence-electron chi connectivity index (χ3n) is 5.05. The van der Waals surface area contributed by atoms with E-state index >= 15 is 0 Å². The van der Waals surface area contributed by atoms with E-state index < -0.39 is 0 Å². The molecule has 0 spiro atoms. The van der Waals surface area contributed by atoms with Crippen molar-refractivity contribution in [1.82, 2.24) is 15.1 Å². The summed E-state index contributed by atoms with van der Waals surface area (Å²) in [5, 5.41) is 3.09. The van der Waals surface area contributed by atoms with Crippen LogP contribution in [0.2, 0.25) is 0 Å². The number of urea groups is 1. The first-order chi connectivity index (χ1) is 11.2. The molecule has 6 heteroatoms. The molecule has 0 aliphatic carbocycles. The molecule has 6 nitrogen and oxygen atoms in total. The van der Waals surface area contributed by atoms with Crippen LogP contribution in [0.3, 0.4) is 0 Å². The van der Waals surface area contributed by atoms with Crippen molar-refractivity contribution in [3.8, 4) is 0 Å². The van der Waals surface area contributed by atoms with Gasteiger partial charge < -0.3 is 20.9 Å². The minimum atomic E-state index is 0.0216. The van der Waals surface area contributed by atoms with Gasteiger partial charge in [-0.1, -0.05) is 19.8 Å². The van der Waals surface area contributed by atoms with E-state index in [2.05, 4.69) is 12.2 Å². The van der Waals surface area contributed by atoms with Crippen molar-refractivity contribution in [3.63, 3.8) is 0 Å². The molecule has 3 amide bonds. The van der Waals surface area contributed by atoms with Gasteiger partial charge in [0, 0.05) is 44.7 Å². The maximum Gasteiger partial charge on any atom is 0.319 e. The number of amides is 3. The third-order valence-corrected chi connectivity index (χ3v) is 5.05. The number of piperidine rings is 1. The van der Waals surface area contributed by atoms with Crippen LogP contribution >= 0.6 is 0 Å². The summed E-state index contributed by atoms with van der Waals surface area (Å²) in [7, 11) is 0. The predicted molar refractivity (Wildman–Crippen MR) is 91.0 cm³/mol. The molecule has 0 radical (unpaired) electrons. The van der Waals surface area contributed by atoms with E-state index in [0.717, 1.165) is 58.0 Å². The number of nitrogens with zero attached hydrogens (tertiary/aromatic N) is 2. The van der Waals surface area contributed by atoms with Crippen LogP contribution in [-0.4, -0.2) is 60.5 Å². The lowest BCUT2D eigenvalue weighted by molar-refractivity contribution is -0.127. The summed E-state index contributed by atoms with van der Waals surface area (Å²) in [4.78, 5) is 28.6. The standard InChI is InChI=1S/C17H32N4O2/c1-2-3-6-15(13-18)19-16(22)14-7-11-21(12-8-14)17(23)20-9-4-5-10-20/h14-15H,2-13,18H2,1H3,(H,19,22). The third kappa shape index (κ3) is 5.09. The molecule has 132 valence electrons. The van der Waals surface area contributed by atoms with E-state index in [0.29, 0.717) is 19.6 Å². The molecule has 1 unspecified atom stereocenters. The molecule has 2 fully saturated rings. The lowest BCUT2D eigenvalue weighted by Gasteiger charge is -2.34. The van der Waals surface area contributed by atoms with Gasteiger partial charge in [0.15, 0.2) is 0 Å². The quantitative estimate of drug-likeness (QED) is 0.778. The van der Waals surface area contributed by atoms with Gasteiger partial charge in [-0.05, 0) is 32.1 Å². The second-order valence-electron chi connectivity index (χ2n) is 6.82. The van der Waals surface area contributed by atoms with Crippen LogP contribution < -0.4 is 11.1 Å². The van der Waals surface area contributed by atoms with Gasteiger partial charge in [-0.15, -0.1) is 0 Å². The van der Waals surface area contributed by atoms with Crippen LogP contribution in [0.15, 0.2) is 0 Å². The molecular weight excluding hydrogens is 292 g/mol. The summed E-state index contributed by atoms with van der Waals surface area (Å²) in [6, 6.07) is 0.246. The maximum absolute atomic E-state index is 12.4. The first-order valence-corrected chi connectivity index (χ1v) is 9.20. The minimum Gasteiger partial charge on any atom is -0.352 e. The molecular formula is C17H32N4O2. The highest BCUT2D eigenvalue weighted by molar-refractivity contribution is 5.80. The number of likely N-dealkylation sites (tertiary alicyclic amines) is 2. The van der Waals surface area contributed by atoms with Crippen molar-refractivity contribution < 1.29 is 9.59 Å². The van der Waals surface area contributed by atoms with Gasteiger partial charge in [-0.3, -0.25) is 4.79 Å². The van der Waals surface area contributed by atoms with Crippen LogP contribution in [0, 0.1) is 5.92 Å². The Labute approximate surface area is 139 Å². The molecule has 2 aliphatic heterocycles. The summed E-state index contributed by atoms with van der Waals surface area (Å²) in [6.45, 7) is 5.79. The molecule has 2 rings (SSSR count). The van der Waals surface area contributed by atoms with E-state index in [-0.39, 0.29) is 23.9 Å². The molecule has 0 saturated carbocycles. The van der Waals surface area contributed by atoms with Crippen LogP contribution in [0.4, 0.5) is 4.79 Å². The zero-order valence-electron chi connectivity index (χ0n) is 14.4. The Morgan fingerprint density at radius 2 is 1.74 bits per heavy atom. The Morgan fingerprint density at radius 3 is 2.30 bits per heavy atom. The van der Waals surface area contributed by atoms with Gasteiger partial charge in [0.05, 0.1) is 0 Å². The molecule has 1 atom stereocenters.